The molecule has 0 aliphatic heterocycles. The standard InChI is InChI=1S/C13H15ClN4O/c1-18-7-9(6-15-18)10-5-11(14)17-13(16-10)12(19-2)8-3-4-8/h5-8,12H,3-4H2,1-2H3. The molecule has 0 saturated heterocycles. The minimum Gasteiger partial charge on any atom is -0.373 e. The van der Waals surface area contributed by atoms with Gasteiger partial charge in [-0.1, -0.05) is 11.6 Å². The van der Waals surface area contributed by atoms with Crippen molar-refractivity contribution < 1.29 is 4.74 Å². The van der Waals surface area contributed by atoms with Crippen molar-refractivity contribution in [2.24, 2.45) is 13.0 Å². The number of rotatable bonds is 4. The van der Waals surface area contributed by atoms with Crippen molar-refractivity contribution in [1.29, 1.82) is 0 Å². The van der Waals surface area contributed by atoms with Gasteiger partial charge in [0.05, 0.1) is 11.9 Å². The van der Waals surface area contributed by atoms with Crippen molar-refractivity contribution in [1.82, 2.24) is 19.7 Å². The lowest BCUT2D eigenvalue weighted by atomic mass is 10.2. The van der Waals surface area contributed by atoms with Crippen LogP contribution in [0, 0.1) is 5.92 Å². The third kappa shape index (κ3) is 2.62. The Morgan fingerprint density at radius 2 is 2.21 bits per heavy atom. The first-order chi connectivity index (χ1) is 9.17. The molecule has 0 radical (unpaired) electrons. The highest BCUT2D eigenvalue weighted by molar-refractivity contribution is 6.29. The fraction of sp³-hybridized carbons (Fsp3) is 0.462. The predicted molar refractivity (Wildman–Crippen MR) is 71.7 cm³/mol. The van der Waals surface area contributed by atoms with Crippen LogP contribution in [-0.4, -0.2) is 26.9 Å². The largest absolute Gasteiger partial charge is 0.373 e. The minimum absolute atomic E-state index is 0.0610. The number of aromatic nitrogens is 4. The molecule has 0 amide bonds. The molecular formula is C13H15ClN4O. The molecule has 2 aromatic rings. The van der Waals surface area contributed by atoms with E-state index in [-0.39, 0.29) is 6.10 Å². The van der Waals surface area contributed by atoms with Gasteiger partial charge >= 0.3 is 0 Å². The number of hydrogen-bond acceptors (Lipinski definition) is 4. The molecule has 100 valence electrons. The lowest BCUT2D eigenvalue weighted by molar-refractivity contribution is 0.0773. The van der Waals surface area contributed by atoms with E-state index in [1.165, 1.54) is 0 Å². The highest BCUT2D eigenvalue weighted by Crippen LogP contribution is 2.42. The summed E-state index contributed by atoms with van der Waals surface area (Å²) in [5.41, 5.74) is 1.71. The van der Waals surface area contributed by atoms with Gasteiger partial charge in [0.15, 0.2) is 5.82 Å². The summed E-state index contributed by atoms with van der Waals surface area (Å²) in [6, 6.07) is 1.75. The number of ether oxygens (including phenoxy) is 1. The third-order valence-corrected chi connectivity index (χ3v) is 3.47. The molecule has 19 heavy (non-hydrogen) atoms. The lowest BCUT2D eigenvalue weighted by Crippen LogP contribution is -2.09. The van der Waals surface area contributed by atoms with Crippen LogP contribution in [0.15, 0.2) is 18.5 Å². The van der Waals surface area contributed by atoms with Crippen molar-refractivity contribution in [3.05, 3.63) is 29.4 Å². The molecule has 6 heteroatoms. The summed E-state index contributed by atoms with van der Waals surface area (Å²) >= 11 is 6.10. The van der Waals surface area contributed by atoms with Gasteiger partial charge < -0.3 is 4.74 Å². The molecule has 0 spiro atoms. The maximum absolute atomic E-state index is 6.10. The maximum Gasteiger partial charge on any atom is 0.159 e. The lowest BCUT2D eigenvalue weighted by Gasteiger charge is -2.13. The highest BCUT2D eigenvalue weighted by Gasteiger charge is 2.34. The molecule has 3 rings (SSSR count). The molecule has 1 aliphatic carbocycles. The third-order valence-electron chi connectivity index (χ3n) is 3.27. The Labute approximate surface area is 116 Å². The van der Waals surface area contributed by atoms with Gasteiger partial charge in [-0.2, -0.15) is 5.10 Å². The molecule has 0 N–H and O–H groups in total. The molecule has 1 saturated carbocycles. The molecular weight excluding hydrogens is 264 g/mol. The molecule has 5 nitrogen and oxygen atoms in total. The van der Waals surface area contributed by atoms with Gasteiger partial charge in [-0.25, -0.2) is 9.97 Å². The Hall–Kier alpha value is -1.46. The van der Waals surface area contributed by atoms with Crippen molar-refractivity contribution in [2.75, 3.05) is 7.11 Å². The fourth-order valence-corrected chi connectivity index (χ4v) is 2.36. The van der Waals surface area contributed by atoms with E-state index in [0.29, 0.717) is 16.9 Å². The van der Waals surface area contributed by atoms with Gasteiger partial charge in [-0.15, -0.1) is 0 Å². The number of aryl methyl sites for hydroxylation is 1. The van der Waals surface area contributed by atoms with Gasteiger partial charge in [0.2, 0.25) is 0 Å². The van der Waals surface area contributed by atoms with E-state index in [0.717, 1.165) is 24.1 Å². The molecule has 1 fully saturated rings. The van der Waals surface area contributed by atoms with Gasteiger partial charge in [0.25, 0.3) is 0 Å². The van der Waals surface area contributed by atoms with E-state index in [4.69, 9.17) is 16.3 Å². The van der Waals surface area contributed by atoms with Crippen LogP contribution in [-0.2, 0) is 11.8 Å². The SMILES string of the molecule is COC(c1nc(Cl)cc(-c2cnn(C)c2)n1)C1CC1. The first kappa shape index (κ1) is 12.6. The van der Waals surface area contributed by atoms with Crippen LogP contribution >= 0.6 is 11.6 Å². The van der Waals surface area contributed by atoms with Crippen LogP contribution in [0.3, 0.4) is 0 Å². The monoisotopic (exact) mass is 278 g/mol. The van der Waals surface area contributed by atoms with E-state index >= 15 is 0 Å². The van der Waals surface area contributed by atoms with Gasteiger partial charge in [0, 0.05) is 32.0 Å². The minimum atomic E-state index is -0.0610. The number of nitrogens with zero attached hydrogens (tertiary/aromatic N) is 4. The summed E-state index contributed by atoms with van der Waals surface area (Å²) in [4.78, 5) is 8.88. The first-order valence-electron chi connectivity index (χ1n) is 6.23. The van der Waals surface area contributed by atoms with E-state index in [1.807, 2.05) is 13.2 Å². The summed E-state index contributed by atoms with van der Waals surface area (Å²) in [5.74, 6) is 1.18. The summed E-state index contributed by atoms with van der Waals surface area (Å²) in [5, 5.41) is 4.58. The Bertz CT molecular complexity index is 594. The molecule has 1 atom stereocenters. The Kier molecular flexibility index (Phi) is 3.24. The Morgan fingerprint density at radius 3 is 2.79 bits per heavy atom. The topological polar surface area (TPSA) is 52.8 Å². The maximum atomic E-state index is 6.10. The van der Waals surface area contributed by atoms with E-state index < -0.39 is 0 Å². The van der Waals surface area contributed by atoms with Crippen LogP contribution in [0.4, 0.5) is 0 Å². The van der Waals surface area contributed by atoms with Crippen molar-refractivity contribution in [2.45, 2.75) is 18.9 Å². The van der Waals surface area contributed by atoms with Crippen LogP contribution < -0.4 is 0 Å². The molecule has 0 aromatic carbocycles. The van der Waals surface area contributed by atoms with Gasteiger partial charge in [-0.3, -0.25) is 4.68 Å². The van der Waals surface area contributed by atoms with Crippen LogP contribution in [0.25, 0.3) is 11.3 Å². The van der Waals surface area contributed by atoms with E-state index in [9.17, 15) is 0 Å². The molecule has 2 heterocycles. The number of methoxy groups -OCH3 is 1. The highest BCUT2D eigenvalue weighted by atomic mass is 35.5. The second kappa shape index (κ2) is 4.90. The second-order valence-corrected chi connectivity index (χ2v) is 5.22. The first-order valence-corrected chi connectivity index (χ1v) is 6.61. The van der Waals surface area contributed by atoms with Crippen LogP contribution in [0.2, 0.25) is 5.15 Å². The van der Waals surface area contributed by atoms with Crippen molar-refractivity contribution in [3.8, 4) is 11.3 Å². The van der Waals surface area contributed by atoms with Crippen molar-refractivity contribution >= 4 is 11.6 Å². The smallest absolute Gasteiger partial charge is 0.159 e. The van der Waals surface area contributed by atoms with Crippen molar-refractivity contribution in [3.63, 3.8) is 0 Å². The van der Waals surface area contributed by atoms with Crippen LogP contribution in [0.1, 0.15) is 24.8 Å². The Balaban J connectivity index is 1.99. The zero-order valence-corrected chi connectivity index (χ0v) is 11.6. The average molecular weight is 279 g/mol. The predicted octanol–water partition coefficient (Wildman–Crippen LogP) is 2.63. The number of halogens is 1. The second-order valence-electron chi connectivity index (χ2n) is 4.83. The van der Waals surface area contributed by atoms with Crippen LogP contribution in [0.5, 0.6) is 0 Å². The quantitative estimate of drug-likeness (QED) is 0.807. The van der Waals surface area contributed by atoms with E-state index in [2.05, 4.69) is 15.1 Å². The molecule has 1 aliphatic rings. The summed E-state index contributed by atoms with van der Waals surface area (Å²) in [6.07, 6.45) is 5.93. The summed E-state index contributed by atoms with van der Waals surface area (Å²) in [7, 11) is 3.56. The molecule has 2 aromatic heterocycles. The van der Waals surface area contributed by atoms with Gasteiger partial charge in [0.1, 0.15) is 11.3 Å². The van der Waals surface area contributed by atoms with Gasteiger partial charge in [-0.05, 0) is 18.8 Å². The zero-order chi connectivity index (χ0) is 13.4. The number of hydrogen-bond donors (Lipinski definition) is 0. The summed E-state index contributed by atoms with van der Waals surface area (Å²) < 4.78 is 7.24. The van der Waals surface area contributed by atoms with E-state index in [1.54, 1.807) is 24.1 Å². The molecule has 1 unspecified atom stereocenters. The average Bonchev–Trinajstić information content (AvgIpc) is 3.11. The normalized spacial score (nSPS) is 16.6. The fourth-order valence-electron chi connectivity index (χ4n) is 2.17. The summed E-state index contributed by atoms with van der Waals surface area (Å²) in [6.45, 7) is 0. The Morgan fingerprint density at radius 1 is 1.42 bits per heavy atom. The zero-order valence-electron chi connectivity index (χ0n) is 10.9. The molecule has 0 bridgehead atoms.